The molecule has 13 aliphatic carbocycles. The van der Waals surface area contributed by atoms with Crippen molar-refractivity contribution in [3.05, 3.63) is 60.7 Å². The number of halogens is 4. The van der Waals surface area contributed by atoms with Gasteiger partial charge in [-0.25, -0.2) is 0 Å². The Morgan fingerprint density at radius 1 is 0.259 bits per heavy atom. The first-order valence-corrected chi connectivity index (χ1v) is 22.7. The van der Waals surface area contributed by atoms with Gasteiger partial charge in [0.05, 0.1) is 69.1 Å². The van der Waals surface area contributed by atoms with Gasteiger partial charge in [0, 0.05) is 77.0 Å². The predicted octanol–water partition coefficient (Wildman–Crippen LogP) is 11.5. The summed E-state index contributed by atoms with van der Waals surface area (Å²) in [7, 11) is 9.82. The minimum absolute atomic E-state index is 0.389. The van der Waals surface area contributed by atoms with E-state index in [0.29, 0.717) is 105 Å². The third kappa shape index (κ3) is 8.80. The number of benzene rings is 5. The van der Waals surface area contributed by atoms with Gasteiger partial charge in [-0.1, -0.05) is 63.7 Å². The van der Waals surface area contributed by atoms with Gasteiger partial charge in [0.2, 0.25) is 0 Å². The number of methoxy groups -OCH3 is 6. The van der Waals surface area contributed by atoms with Crippen LogP contribution in [0.3, 0.4) is 0 Å². The Morgan fingerprint density at radius 3 is 0.534 bits per heavy atom. The third-order valence-corrected chi connectivity index (χ3v) is 10.8. The Labute approximate surface area is 372 Å². The summed E-state index contributed by atoms with van der Waals surface area (Å²) < 4.78 is 62.8. The lowest BCUT2D eigenvalue weighted by Crippen LogP contribution is -2.06. The first kappa shape index (κ1) is 43.6. The van der Waals surface area contributed by atoms with Crippen LogP contribution in [0.4, 0.5) is 0 Å². The van der Waals surface area contributed by atoms with Crippen LogP contribution in [0.2, 0.25) is 0 Å². The standard InChI is InChI=1S/C44H44Br4O10/c1-49-35-17-27-31-21-43(57-13-9-47)33(23-41(31)55-11-7-45)29-19-40(54-6)30(20-39(29)53-5)34-24-42(56-12-8-46)32(22-44(34)58-14-10-48)28-18-36(50-2)26(16-38(28)52-4)25(35)15-37(27)51-3/h15-24H,7-14H2,1-6H3. The molecule has 0 fully saturated rings. The van der Waals surface area contributed by atoms with Gasteiger partial charge in [-0.2, -0.15) is 0 Å². The average molecular weight is 1050 g/mol. The number of alkyl halides is 4. The Morgan fingerprint density at radius 2 is 0.397 bits per heavy atom. The molecule has 0 radical (unpaired) electrons. The van der Waals surface area contributed by atoms with Crippen molar-refractivity contribution >= 4 is 63.7 Å². The van der Waals surface area contributed by atoms with Gasteiger partial charge in [0.1, 0.15) is 57.5 Å². The topological polar surface area (TPSA) is 92.3 Å². The highest BCUT2D eigenvalue weighted by Gasteiger charge is 2.28. The number of rotatable bonds is 18. The fourth-order valence-electron chi connectivity index (χ4n) is 6.99. The summed E-state index contributed by atoms with van der Waals surface area (Å²) in [5.74, 6) is 5.75. The molecule has 0 N–H and O–H groups in total. The van der Waals surface area contributed by atoms with E-state index < -0.39 is 0 Å². The van der Waals surface area contributed by atoms with E-state index in [0.717, 1.165) is 55.6 Å². The zero-order valence-electron chi connectivity index (χ0n) is 33.0. The monoisotopic (exact) mass is 1050 g/mol. The molecule has 0 aliphatic heterocycles. The first-order valence-electron chi connectivity index (χ1n) is 18.2. The van der Waals surface area contributed by atoms with Gasteiger partial charge >= 0.3 is 0 Å². The molecular formula is C44H44Br4O10. The fraction of sp³-hybridized carbons (Fsp3) is 0.318. The Bertz CT molecular complexity index is 2090. The van der Waals surface area contributed by atoms with Crippen molar-refractivity contribution in [2.75, 3.05) is 90.4 Å². The summed E-state index contributed by atoms with van der Waals surface area (Å²) in [5, 5.41) is 2.41. The van der Waals surface area contributed by atoms with Crippen molar-refractivity contribution < 1.29 is 47.4 Å². The molecule has 10 bridgehead atoms. The molecule has 0 aromatic heterocycles. The lowest BCUT2D eigenvalue weighted by molar-refractivity contribution is 0.336. The molecular weight excluding hydrogens is 1010 g/mol. The highest BCUT2D eigenvalue weighted by atomic mass is 79.9. The van der Waals surface area contributed by atoms with E-state index in [9.17, 15) is 0 Å². The largest absolute Gasteiger partial charge is 0.496 e. The maximum absolute atomic E-state index is 6.50. The first-order chi connectivity index (χ1) is 28.3. The quantitative estimate of drug-likeness (QED) is 0.0775. The average Bonchev–Trinajstić information content (AvgIpc) is 3.26. The van der Waals surface area contributed by atoms with Crippen LogP contribution in [0.25, 0.3) is 55.6 Å². The van der Waals surface area contributed by atoms with E-state index in [1.165, 1.54) is 0 Å². The minimum atomic E-state index is 0.389. The zero-order chi connectivity index (χ0) is 41.3. The Kier molecular flexibility index (Phi) is 15.3. The SMILES string of the molecule is COc1cc2c(OC)cc1-c1cc(OC)c(cc1OC)-c1cc(OCCBr)c(cc1OCCBr)-c1cc(OC)c(cc1OC)-c1cc(OCCBr)c-2cc1OCCBr. The number of hydrogen-bond acceptors (Lipinski definition) is 10. The van der Waals surface area contributed by atoms with Crippen LogP contribution in [0, 0.1) is 0 Å². The zero-order valence-corrected chi connectivity index (χ0v) is 39.4. The summed E-state index contributed by atoms with van der Waals surface area (Å²) in [5.41, 5.74) is 7.28. The molecule has 0 spiro atoms. The Hall–Kier alpha value is -3.98. The van der Waals surface area contributed by atoms with Crippen LogP contribution in [-0.2, 0) is 0 Å². The molecule has 0 heterocycles. The van der Waals surface area contributed by atoms with Crippen molar-refractivity contribution in [2.24, 2.45) is 0 Å². The summed E-state index contributed by atoms with van der Waals surface area (Å²) in [4.78, 5) is 0. The minimum Gasteiger partial charge on any atom is -0.496 e. The summed E-state index contributed by atoms with van der Waals surface area (Å²) >= 11 is 14.2. The van der Waals surface area contributed by atoms with E-state index >= 15 is 0 Å². The van der Waals surface area contributed by atoms with Crippen LogP contribution in [0.1, 0.15) is 0 Å². The normalized spacial score (nSPS) is 11.1. The van der Waals surface area contributed by atoms with Crippen LogP contribution < -0.4 is 47.4 Å². The lowest BCUT2D eigenvalue weighted by Gasteiger charge is -2.24. The highest BCUT2D eigenvalue weighted by molar-refractivity contribution is 9.09. The molecule has 10 nitrogen and oxygen atoms in total. The second-order valence-corrected chi connectivity index (χ2v) is 15.8. The maximum Gasteiger partial charge on any atom is 0.128 e. The van der Waals surface area contributed by atoms with Gasteiger partial charge in [-0.3, -0.25) is 0 Å². The molecule has 0 atom stereocenters. The lowest BCUT2D eigenvalue weighted by atomic mass is 9.90. The van der Waals surface area contributed by atoms with Crippen LogP contribution in [0.5, 0.6) is 57.5 Å². The molecule has 0 saturated heterocycles. The van der Waals surface area contributed by atoms with E-state index in [1.807, 2.05) is 60.7 Å². The second-order valence-electron chi connectivity index (χ2n) is 12.6. The summed E-state index contributed by atoms with van der Waals surface area (Å²) in [6.45, 7) is 1.56. The molecule has 0 amide bonds. The third-order valence-electron chi connectivity index (χ3n) is 9.52. The van der Waals surface area contributed by atoms with E-state index in [2.05, 4.69) is 63.7 Å². The molecule has 58 heavy (non-hydrogen) atoms. The number of hydrogen-bond donors (Lipinski definition) is 0. The molecule has 13 aliphatic rings. The van der Waals surface area contributed by atoms with Crippen molar-refractivity contribution in [1.82, 2.24) is 0 Å². The summed E-state index contributed by atoms with van der Waals surface area (Å²) in [6, 6.07) is 19.5. The molecule has 308 valence electrons. The van der Waals surface area contributed by atoms with Gasteiger partial charge in [-0.15, -0.1) is 0 Å². The summed E-state index contributed by atoms with van der Waals surface area (Å²) in [6.07, 6.45) is 0. The van der Waals surface area contributed by atoms with E-state index in [4.69, 9.17) is 47.4 Å². The predicted molar refractivity (Wildman–Crippen MR) is 244 cm³/mol. The molecule has 0 saturated carbocycles. The van der Waals surface area contributed by atoms with Crippen LogP contribution in [0.15, 0.2) is 60.7 Å². The van der Waals surface area contributed by atoms with Gasteiger partial charge < -0.3 is 47.4 Å². The van der Waals surface area contributed by atoms with Crippen molar-refractivity contribution in [3.63, 3.8) is 0 Å². The van der Waals surface area contributed by atoms with Crippen molar-refractivity contribution in [1.29, 1.82) is 0 Å². The molecule has 5 aromatic carbocycles. The molecule has 0 unspecified atom stereocenters. The number of ether oxygens (including phenoxy) is 10. The smallest absolute Gasteiger partial charge is 0.128 e. The second kappa shape index (κ2) is 20.3. The molecule has 14 heteroatoms. The van der Waals surface area contributed by atoms with Crippen LogP contribution in [-0.4, -0.2) is 90.4 Å². The van der Waals surface area contributed by atoms with Gasteiger partial charge in [-0.05, 0) is 60.7 Å². The van der Waals surface area contributed by atoms with Crippen LogP contribution >= 0.6 is 63.7 Å². The highest BCUT2D eigenvalue weighted by Crippen LogP contribution is 2.54. The molecule has 5 aromatic rings. The van der Waals surface area contributed by atoms with E-state index in [1.54, 1.807) is 42.7 Å². The van der Waals surface area contributed by atoms with Gasteiger partial charge in [0.25, 0.3) is 0 Å². The molecule has 18 rings (SSSR count). The fourth-order valence-corrected chi connectivity index (χ4v) is 7.64. The van der Waals surface area contributed by atoms with Gasteiger partial charge in [0.15, 0.2) is 0 Å². The Balaban J connectivity index is 1.85. The van der Waals surface area contributed by atoms with Crippen molar-refractivity contribution in [3.8, 4) is 113 Å². The van der Waals surface area contributed by atoms with E-state index in [-0.39, 0.29) is 0 Å². The maximum atomic E-state index is 6.50. The van der Waals surface area contributed by atoms with Crippen molar-refractivity contribution in [2.45, 2.75) is 0 Å².